The van der Waals surface area contributed by atoms with Crippen LogP contribution in [0.25, 0.3) is 0 Å². The number of nitrogens with zero attached hydrogens (tertiary/aromatic N) is 2. The number of hydrogen-bond donors (Lipinski definition) is 1. The van der Waals surface area contributed by atoms with Gasteiger partial charge < -0.3 is 5.11 Å². The Morgan fingerprint density at radius 2 is 2.17 bits per heavy atom. The first-order valence-electron chi connectivity index (χ1n) is 5.99. The highest BCUT2D eigenvalue weighted by atomic mass is 32.2. The Balaban J connectivity index is 1.85. The molecule has 0 amide bonds. The quantitative estimate of drug-likeness (QED) is 0.841. The molecule has 0 aliphatic carbocycles. The minimum absolute atomic E-state index is 0.334. The fourth-order valence-corrected chi connectivity index (χ4v) is 2.77. The maximum Gasteiger partial charge on any atom is 0.0675 e. The summed E-state index contributed by atoms with van der Waals surface area (Å²) in [5.41, 5.74) is 2.34. The molecule has 0 bridgehead atoms. The molecule has 1 aromatic heterocycles. The van der Waals surface area contributed by atoms with Gasteiger partial charge in [0.25, 0.3) is 0 Å². The lowest BCUT2D eigenvalue weighted by Gasteiger charge is -2.10. The molecular formula is C14H18N2OS. The van der Waals surface area contributed by atoms with Crippen LogP contribution in [0.4, 0.5) is 0 Å². The van der Waals surface area contributed by atoms with E-state index in [-0.39, 0.29) is 6.10 Å². The van der Waals surface area contributed by atoms with Crippen molar-refractivity contribution in [1.82, 2.24) is 9.78 Å². The van der Waals surface area contributed by atoms with Gasteiger partial charge in [-0.05, 0) is 24.1 Å². The van der Waals surface area contributed by atoms with E-state index in [1.54, 1.807) is 16.4 Å². The zero-order valence-corrected chi connectivity index (χ0v) is 11.5. The van der Waals surface area contributed by atoms with Gasteiger partial charge in [-0.15, -0.1) is 11.8 Å². The van der Waals surface area contributed by atoms with Crippen molar-refractivity contribution in [3.63, 3.8) is 0 Å². The Morgan fingerprint density at radius 3 is 2.83 bits per heavy atom. The molecule has 2 rings (SSSR count). The molecule has 1 N–H and O–H groups in total. The second-order valence-corrected chi connectivity index (χ2v) is 5.52. The average molecular weight is 262 g/mol. The minimum atomic E-state index is -0.334. The lowest BCUT2D eigenvalue weighted by atomic mass is 10.2. The van der Waals surface area contributed by atoms with Gasteiger partial charge in [-0.1, -0.05) is 18.2 Å². The van der Waals surface area contributed by atoms with Crippen LogP contribution in [0.5, 0.6) is 0 Å². The van der Waals surface area contributed by atoms with E-state index < -0.39 is 0 Å². The molecule has 1 heterocycles. The standard InChI is InChI=1S/C14H18N2OS/c1-11-5-3-4-6-14(11)18-10-13(17)7-12-8-15-16(2)9-12/h3-6,8-9,13,17H,7,10H2,1-2H3. The maximum atomic E-state index is 10.0. The van der Waals surface area contributed by atoms with Crippen LogP contribution in [-0.4, -0.2) is 26.7 Å². The van der Waals surface area contributed by atoms with Gasteiger partial charge >= 0.3 is 0 Å². The molecule has 1 aromatic carbocycles. The van der Waals surface area contributed by atoms with Gasteiger partial charge in [0.15, 0.2) is 0 Å². The Morgan fingerprint density at radius 1 is 1.39 bits per heavy atom. The lowest BCUT2D eigenvalue weighted by molar-refractivity contribution is 0.200. The van der Waals surface area contributed by atoms with E-state index in [9.17, 15) is 5.11 Å². The monoisotopic (exact) mass is 262 g/mol. The number of thioether (sulfide) groups is 1. The van der Waals surface area contributed by atoms with E-state index in [0.717, 1.165) is 5.56 Å². The van der Waals surface area contributed by atoms with Crippen LogP contribution in [0.3, 0.4) is 0 Å². The van der Waals surface area contributed by atoms with Crippen molar-refractivity contribution in [2.45, 2.75) is 24.3 Å². The summed E-state index contributed by atoms with van der Waals surface area (Å²) in [5.74, 6) is 0.708. The summed E-state index contributed by atoms with van der Waals surface area (Å²) in [6.45, 7) is 2.09. The summed E-state index contributed by atoms with van der Waals surface area (Å²) in [4.78, 5) is 1.24. The van der Waals surface area contributed by atoms with E-state index >= 15 is 0 Å². The van der Waals surface area contributed by atoms with E-state index in [0.29, 0.717) is 12.2 Å². The minimum Gasteiger partial charge on any atom is -0.392 e. The number of aliphatic hydroxyl groups is 1. The summed E-state index contributed by atoms with van der Waals surface area (Å²) in [6, 6.07) is 8.25. The Bertz CT molecular complexity index is 510. The first-order valence-corrected chi connectivity index (χ1v) is 6.97. The molecule has 1 unspecified atom stereocenters. The zero-order valence-electron chi connectivity index (χ0n) is 10.7. The summed E-state index contributed by atoms with van der Waals surface area (Å²) in [7, 11) is 1.89. The van der Waals surface area contributed by atoms with Crippen molar-refractivity contribution in [1.29, 1.82) is 0 Å². The first kappa shape index (κ1) is 13.2. The third-order valence-corrected chi connectivity index (χ3v) is 4.07. The molecule has 0 aliphatic rings. The molecule has 4 heteroatoms. The average Bonchev–Trinajstić information content (AvgIpc) is 2.74. The summed E-state index contributed by atoms with van der Waals surface area (Å²) >= 11 is 1.70. The van der Waals surface area contributed by atoms with Crippen LogP contribution in [0.1, 0.15) is 11.1 Å². The predicted octanol–water partition coefficient (Wildman–Crippen LogP) is 2.42. The van der Waals surface area contributed by atoms with Crippen LogP contribution >= 0.6 is 11.8 Å². The summed E-state index contributed by atoms with van der Waals surface area (Å²) in [5, 5.41) is 14.1. The van der Waals surface area contributed by atoms with Crippen LogP contribution in [-0.2, 0) is 13.5 Å². The summed E-state index contributed by atoms with van der Waals surface area (Å²) < 4.78 is 1.76. The molecule has 0 radical (unpaired) electrons. The van der Waals surface area contributed by atoms with Gasteiger partial charge in [0.1, 0.15) is 0 Å². The molecule has 0 saturated carbocycles. The highest BCUT2D eigenvalue weighted by Gasteiger charge is 2.08. The Kier molecular flexibility index (Phi) is 4.44. The first-order chi connectivity index (χ1) is 8.65. The van der Waals surface area contributed by atoms with Crippen LogP contribution in [0.15, 0.2) is 41.6 Å². The predicted molar refractivity (Wildman–Crippen MR) is 74.8 cm³/mol. The Hall–Kier alpha value is -1.26. The SMILES string of the molecule is Cc1ccccc1SCC(O)Cc1cnn(C)c1. The topological polar surface area (TPSA) is 38.1 Å². The van der Waals surface area contributed by atoms with Crippen LogP contribution < -0.4 is 0 Å². The molecule has 0 aliphatic heterocycles. The van der Waals surface area contributed by atoms with Gasteiger partial charge in [-0.25, -0.2) is 0 Å². The number of hydrogen-bond acceptors (Lipinski definition) is 3. The maximum absolute atomic E-state index is 10.0. The van der Waals surface area contributed by atoms with Crippen molar-refractivity contribution in [2.75, 3.05) is 5.75 Å². The smallest absolute Gasteiger partial charge is 0.0675 e. The molecule has 3 nitrogen and oxygen atoms in total. The van der Waals surface area contributed by atoms with Crippen molar-refractivity contribution in [3.8, 4) is 0 Å². The molecule has 18 heavy (non-hydrogen) atoms. The van der Waals surface area contributed by atoms with Crippen molar-refractivity contribution >= 4 is 11.8 Å². The van der Waals surface area contributed by atoms with Crippen molar-refractivity contribution in [2.24, 2.45) is 7.05 Å². The third-order valence-electron chi connectivity index (χ3n) is 2.75. The normalized spacial score (nSPS) is 12.6. The molecule has 0 saturated heterocycles. The van der Waals surface area contributed by atoms with Gasteiger partial charge in [0.05, 0.1) is 12.3 Å². The largest absolute Gasteiger partial charge is 0.392 e. The number of benzene rings is 1. The number of rotatable bonds is 5. The van der Waals surface area contributed by atoms with Gasteiger partial charge in [-0.3, -0.25) is 4.68 Å². The zero-order chi connectivity index (χ0) is 13.0. The van der Waals surface area contributed by atoms with Crippen molar-refractivity contribution < 1.29 is 5.11 Å². The van der Waals surface area contributed by atoms with E-state index in [4.69, 9.17) is 0 Å². The fraction of sp³-hybridized carbons (Fsp3) is 0.357. The van der Waals surface area contributed by atoms with Crippen LogP contribution in [0.2, 0.25) is 0 Å². The second-order valence-electron chi connectivity index (χ2n) is 4.46. The van der Waals surface area contributed by atoms with Crippen LogP contribution in [0, 0.1) is 6.92 Å². The van der Waals surface area contributed by atoms with Gasteiger partial charge in [0.2, 0.25) is 0 Å². The highest BCUT2D eigenvalue weighted by Crippen LogP contribution is 2.23. The van der Waals surface area contributed by atoms with E-state index in [1.165, 1.54) is 10.5 Å². The molecule has 96 valence electrons. The third kappa shape index (κ3) is 3.62. The highest BCUT2D eigenvalue weighted by molar-refractivity contribution is 7.99. The summed E-state index contributed by atoms with van der Waals surface area (Å²) in [6.07, 6.45) is 4.08. The van der Waals surface area contributed by atoms with E-state index in [2.05, 4.69) is 24.2 Å². The number of aliphatic hydroxyl groups excluding tert-OH is 1. The van der Waals surface area contributed by atoms with Crippen molar-refractivity contribution in [3.05, 3.63) is 47.8 Å². The second kappa shape index (κ2) is 6.07. The molecular weight excluding hydrogens is 244 g/mol. The number of aryl methyl sites for hydroxylation is 2. The fourth-order valence-electron chi connectivity index (χ4n) is 1.81. The molecule has 1 atom stereocenters. The van der Waals surface area contributed by atoms with Gasteiger partial charge in [-0.2, -0.15) is 5.10 Å². The van der Waals surface area contributed by atoms with Gasteiger partial charge in [0, 0.05) is 30.3 Å². The lowest BCUT2D eigenvalue weighted by Crippen LogP contribution is -2.13. The van der Waals surface area contributed by atoms with E-state index in [1.807, 2.05) is 31.6 Å². The molecule has 2 aromatic rings. The Labute approximate surface area is 112 Å². The number of aromatic nitrogens is 2. The molecule has 0 spiro atoms. The molecule has 0 fully saturated rings.